The van der Waals surface area contributed by atoms with Gasteiger partial charge in [-0.25, -0.2) is 9.37 Å². The van der Waals surface area contributed by atoms with Crippen molar-refractivity contribution in [2.45, 2.75) is 31.8 Å². The molecular formula is C22H23FN4O2. The average Bonchev–Trinajstić information content (AvgIpc) is 2.74. The van der Waals surface area contributed by atoms with Crippen molar-refractivity contribution >= 4 is 22.8 Å². The van der Waals surface area contributed by atoms with Gasteiger partial charge in [0, 0.05) is 18.6 Å². The molecule has 1 N–H and O–H groups in total. The molecule has 1 unspecified atom stereocenters. The molecule has 2 atom stereocenters. The van der Waals surface area contributed by atoms with Crippen LogP contribution in [0.3, 0.4) is 0 Å². The predicted octanol–water partition coefficient (Wildman–Crippen LogP) is 3.88. The van der Waals surface area contributed by atoms with E-state index in [-0.39, 0.29) is 29.3 Å². The minimum absolute atomic E-state index is 0.0137. The fourth-order valence-electron chi connectivity index (χ4n) is 3.88. The van der Waals surface area contributed by atoms with Crippen LogP contribution in [-0.2, 0) is 0 Å². The Bertz CT molecular complexity index is 1040. The number of carbonyl (C=O) groups is 1. The first-order valence-electron chi connectivity index (χ1n) is 9.70. The third-order valence-electron chi connectivity index (χ3n) is 5.43. The quantitative estimate of drug-likeness (QED) is 0.727. The number of piperidine rings is 1. The zero-order valence-corrected chi connectivity index (χ0v) is 16.4. The van der Waals surface area contributed by atoms with Gasteiger partial charge in [-0.15, -0.1) is 0 Å². The van der Waals surface area contributed by atoms with Gasteiger partial charge in [0.25, 0.3) is 5.91 Å². The van der Waals surface area contributed by atoms with Crippen molar-refractivity contribution in [1.29, 1.82) is 0 Å². The Kier molecular flexibility index (Phi) is 5.29. The van der Waals surface area contributed by atoms with E-state index in [2.05, 4.69) is 15.3 Å². The highest BCUT2D eigenvalue weighted by molar-refractivity contribution is 5.97. The van der Waals surface area contributed by atoms with Crippen molar-refractivity contribution in [2.75, 3.05) is 19.0 Å². The lowest BCUT2D eigenvalue weighted by Crippen LogP contribution is -2.52. The number of nitrogens with zero attached hydrogens (tertiary/aromatic N) is 3. The third kappa shape index (κ3) is 3.72. The first kappa shape index (κ1) is 19.1. The van der Waals surface area contributed by atoms with Crippen molar-refractivity contribution in [1.82, 2.24) is 14.9 Å². The summed E-state index contributed by atoms with van der Waals surface area (Å²) in [6.07, 6.45) is 3.46. The zero-order chi connectivity index (χ0) is 20.4. The highest BCUT2D eigenvalue weighted by Gasteiger charge is 2.33. The molecule has 4 rings (SSSR count). The van der Waals surface area contributed by atoms with E-state index in [1.807, 2.05) is 31.2 Å². The molecule has 1 fully saturated rings. The number of benzene rings is 2. The number of nitrogens with one attached hydrogen (secondary N) is 1. The van der Waals surface area contributed by atoms with E-state index in [4.69, 9.17) is 4.74 Å². The summed E-state index contributed by atoms with van der Waals surface area (Å²) in [6, 6.07) is 12.0. The average molecular weight is 394 g/mol. The molecule has 0 aliphatic carbocycles. The van der Waals surface area contributed by atoms with Crippen LogP contribution in [0.1, 0.15) is 30.1 Å². The Hall–Kier alpha value is -3.22. The molecule has 1 saturated heterocycles. The second-order valence-corrected chi connectivity index (χ2v) is 7.20. The van der Waals surface area contributed by atoms with Crippen LogP contribution >= 0.6 is 0 Å². The van der Waals surface area contributed by atoms with Crippen LogP contribution in [-0.4, -0.2) is 46.5 Å². The Labute approximate surface area is 168 Å². The van der Waals surface area contributed by atoms with E-state index in [9.17, 15) is 9.18 Å². The number of ether oxygens (including phenoxy) is 1. The van der Waals surface area contributed by atoms with Gasteiger partial charge in [0.2, 0.25) is 0 Å². The van der Waals surface area contributed by atoms with E-state index in [0.29, 0.717) is 12.4 Å². The van der Waals surface area contributed by atoms with Crippen molar-refractivity contribution < 1.29 is 13.9 Å². The van der Waals surface area contributed by atoms with Gasteiger partial charge in [0.1, 0.15) is 5.82 Å². The van der Waals surface area contributed by atoms with Gasteiger partial charge in [-0.3, -0.25) is 9.78 Å². The summed E-state index contributed by atoms with van der Waals surface area (Å²) in [5.74, 6) is -0.104. The molecule has 2 heterocycles. The normalized spacial score (nSPS) is 19.2. The number of anilines is 1. The maximum atomic E-state index is 14.0. The number of likely N-dealkylation sites (tertiary alicyclic amines) is 1. The summed E-state index contributed by atoms with van der Waals surface area (Å²) in [4.78, 5) is 24.0. The van der Waals surface area contributed by atoms with Gasteiger partial charge < -0.3 is 15.0 Å². The molecule has 6 nitrogen and oxygen atoms in total. The Balaban J connectivity index is 1.55. The lowest BCUT2D eigenvalue weighted by Gasteiger charge is -2.40. The van der Waals surface area contributed by atoms with E-state index in [1.54, 1.807) is 17.2 Å². The molecule has 1 aliphatic rings. The molecular weight excluding hydrogens is 371 g/mol. The summed E-state index contributed by atoms with van der Waals surface area (Å²) in [5, 5.41) is 3.43. The molecule has 2 aromatic carbocycles. The van der Waals surface area contributed by atoms with Crippen LogP contribution in [0.5, 0.6) is 5.75 Å². The number of amides is 1. The van der Waals surface area contributed by atoms with Gasteiger partial charge in [-0.1, -0.05) is 18.2 Å². The summed E-state index contributed by atoms with van der Waals surface area (Å²) in [7, 11) is 1.37. The molecule has 3 aromatic rings. The largest absolute Gasteiger partial charge is 0.493 e. The predicted molar refractivity (Wildman–Crippen MR) is 110 cm³/mol. The summed E-state index contributed by atoms with van der Waals surface area (Å²) >= 11 is 0. The first-order chi connectivity index (χ1) is 14.1. The SMILES string of the molecule is COc1c(F)cccc1C(=O)N1CCCC(Nc2cnc3ccccc3n2)[C@@H]1C. The van der Waals surface area contributed by atoms with Gasteiger partial charge in [0.15, 0.2) is 11.6 Å². The number of halogens is 1. The maximum Gasteiger partial charge on any atom is 0.258 e. The minimum atomic E-state index is -0.538. The monoisotopic (exact) mass is 394 g/mol. The number of hydrogen-bond donors (Lipinski definition) is 1. The summed E-state index contributed by atoms with van der Waals surface area (Å²) in [6.45, 7) is 2.61. The molecule has 0 saturated carbocycles. The topological polar surface area (TPSA) is 67.3 Å². The molecule has 29 heavy (non-hydrogen) atoms. The number of hydrogen-bond acceptors (Lipinski definition) is 5. The molecule has 1 amide bonds. The lowest BCUT2D eigenvalue weighted by atomic mass is 9.96. The van der Waals surface area contributed by atoms with E-state index >= 15 is 0 Å². The van der Waals surface area contributed by atoms with Gasteiger partial charge >= 0.3 is 0 Å². The van der Waals surface area contributed by atoms with Crippen molar-refractivity contribution in [3.63, 3.8) is 0 Å². The standard InChI is InChI=1S/C22H23FN4O2/c1-14-17(25-20-13-24-18-9-3-4-10-19(18)26-20)11-6-12-27(14)22(28)15-7-5-8-16(23)21(15)29-2/h3-5,7-10,13-14,17H,6,11-12H2,1-2H3,(H,25,26)/t14-,17?/m0/s1. The highest BCUT2D eigenvalue weighted by atomic mass is 19.1. The number of fused-ring (bicyclic) bond motifs is 1. The van der Waals surface area contributed by atoms with Crippen molar-refractivity contribution in [2.24, 2.45) is 0 Å². The number of rotatable bonds is 4. The van der Waals surface area contributed by atoms with Crippen LogP contribution in [0, 0.1) is 5.82 Å². The summed E-state index contributed by atoms with van der Waals surface area (Å²) in [5.41, 5.74) is 1.90. The number of carbonyl (C=O) groups excluding carboxylic acids is 1. The lowest BCUT2D eigenvalue weighted by molar-refractivity contribution is 0.0612. The second kappa shape index (κ2) is 8.03. The van der Waals surface area contributed by atoms with Crippen LogP contribution in [0.2, 0.25) is 0 Å². The molecule has 150 valence electrons. The van der Waals surface area contributed by atoms with Crippen LogP contribution in [0.25, 0.3) is 11.0 Å². The van der Waals surface area contributed by atoms with Gasteiger partial charge in [-0.2, -0.15) is 0 Å². The first-order valence-corrected chi connectivity index (χ1v) is 9.70. The fourth-order valence-corrected chi connectivity index (χ4v) is 3.88. The fraction of sp³-hybridized carbons (Fsp3) is 0.318. The molecule has 0 bridgehead atoms. The smallest absolute Gasteiger partial charge is 0.258 e. The number of para-hydroxylation sites is 3. The zero-order valence-electron chi connectivity index (χ0n) is 16.4. The molecule has 1 aliphatic heterocycles. The Morgan fingerprint density at radius 2 is 2.00 bits per heavy atom. The van der Waals surface area contributed by atoms with E-state index in [0.717, 1.165) is 23.9 Å². The van der Waals surface area contributed by atoms with Crippen molar-refractivity contribution in [3.05, 3.63) is 60.0 Å². The highest BCUT2D eigenvalue weighted by Crippen LogP contribution is 2.28. The number of methoxy groups -OCH3 is 1. The van der Waals surface area contributed by atoms with Gasteiger partial charge in [0.05, 0.1) is 29.9 Å². The Morgan fingerprint density at radius 1 is 1.21 bits per heavy atom. The second-order valence-electron chi connectivity index (χ2n) is 7.20. The van der Waals surface area contributed by atoms with Crippen LogP contribution in [0.4, 0.5) is 10.2 Å². The maximum absolute atomic E-state index is 14.0. The molecule has 0 radical (unpaired) electrons. The van der Waals surface area contributed by atoms with Gasteiger partial charge in [-0.05, 0) is 44.0 Å². The van der Waals surface area contributed by atoms with Crippen molar-refractivity contribution in [3.8, 4) is 5.75 Å². The van der Waals surface area contributed by atoms with Crippen LogP contribution < -0.4 is 10.1 Å². The molecule has 0 spiro atoms. The van der Waals surface area contributed by atoms with E-state index < -0.39 is 5.82 Å². The van der Waals surface area contributed by atoms with E-state index in [1.165, 1.54) is 19.2 Å². The molecule has 7 heteroatoms. The molecule has 1 aromatic heterocycles. The minimum Gasteiger partial charge on any atom is -0.493 e. The summed E-state index contributed by atoms with van der Waals surface area (Å²) < 4.78 is 19.2. The third-order valence-corrected chi connectivity index (χ3v) is 5.43. The van der Waals surface area contributed by atoms with Crippen LogP contribution in [0.15, 0.2) is 48.7 Å². The Morgan fingerprint density at radius 3 is 2.79 bits per heavy atom. The number of aromatic nitrogens is 2.